The molecule has 0 unspecified atom stereocenters. The van der Waals surface area contributed by atoms with Crippen LogP contribution in [0.3, 0.4) is 0 Å². The van der Waals surface area contributed by atoms with E-state index < -0.39 is 0 Å². The fourth-order valence-corrected chi connectivity index (χ4v) is 2.03. The van der Waals surface area contributed by atoms with Gasteiger partial charge in [-0.05, 0) is 0 Å². The van der Waals surface area contributed by atoms with Crippen LogP contribution in [0, 0.1) is 0 Å². The molecular formula is C9H10ClN7. The average molecular weight is 252 g/mol. The third kappa shape index (κ3) is 1.89. The first-order valence-electron chi connectivity index (χ1n) is 5.14. The average Bonchev–Trinajstić information content (AvgIpc) is 2.74. The lowest BCUT2D eigenvalue weighted by Gasteiger charge is -2.27. The van der Waals surface area contributed by atoms with E-state index in [1.807, 2.05) is 9.47 Å². The van der Waals surface area contributed by atoms with Gasteiger partial charge >= 0.3 is 0 Å². The number of nitrogens with two attached hydrogens (primary N) is 1. The Balaban J connectivity index is 1.91. The van der Waals surface area contributed by atoms with Crippen molar-refractivity contribution in [1.82, 2.24) is 24.7 Å². The van der Waals surface area contributed by atoms with Gasteiger partial charge in [0, 0.05) is 19.2 Å². The van der Waals surface area contributed by atoms with Gasteiger partial charge in [0.1, 0.15) is 17.3 Å². The van der Waals surface area contributed by atoms with E-state index in [0.29, 0.717) is 11.7 Å². The van der Waals surface area contributed by atoms with Gasteiger partial charge in [-0.1, -0.05) is 11.6 Å². The van der Waals surface area contributed by atoms with Gasteiger partial charge in [-0.3, -0.25) is 0 Å². The Hall–Kier alpha value is -1.89. The van der Waals surface area contributed by atoms with E-state index in [1.165, 1.54) is 0 Å². The predicted molar refractivity (Wildman–Crippen MR) is 62.5 cm³/mol. The van der Waals surface area contributed by atoms with E-state index in [2.05, 4.69) is 20.2 Å². The van der Waals surface area contributed by atoms with Crippen LogP contribution in [0.25, 0.3) is 0 Å². The maximum Gasteiger partial charge on any atom is 0.223 e. The van der Waals surface area contributed by atoms with Gasteiger partial charge in [0.25, 0.3) is 0 Å². The van der Waals surface area contributed by atoms with Gasteiger partial charge in [0.05, 0.1) is 6.54 Å². The molecule has 88 valence electrons. The number of hydrogen-bond donors (Lipinski definition) is 1. The Kier molecular flexibility index (Phi) is 2.32. The fourth-order valence-electron chi connectivity index (χ4n) is 1.85. The molecule has 8 heteroatoms. The zero-order valence-corrected chi connectivity index (χ0v) is 9.67. The number of anilines is 2. The monoisotopic (exact) mass is 251 g/mol. The van der Waals surface area contributed by atoms with Crippen molar-refractivity contribution >= 4 is 23.4 Å². The summed E-state index contributed by atoms with van der Waals surface area (Å²) in [6, 6.07) is 1.70. The van der Waals surface area contributed by atoms with Crippen LogP contribution in [0.5, 0.6) is 0 Å². The molecule has 3 rings (SSSR count). The first kappa shape index (κ1) is 10.3. The Labute approximate surface area is 102 Å². The molecule has 2 aromatic heterocycles. The number of rotatable bonds is 1. The molecule has 0 aromatic carbocycles. The molecule has 0 radical (unpaired) electrons. The molecule has 17 heavy (non-hydrogen) atoms. The van der Waals surface area contributed by atoms with Gasteiger partial charge < -0.3 is 15.2 Å². The molecule has 2 aromatic rings. The summed E-state index contributed by atoms with van der Waals surface area (Å²) in [5.41, 5.74) is 5.57. The van der Waals surface area contributed by atoms with Crippen LogP contribution in [0.2, 0.25) is 5.15 Å². The maximum absolute atomic E-state index is 5.86. The van der Waals surface area contributed by atoms with E-state index >= 15 is 0 Å². The summed E-state index contributed by atoms with van der Waals surface area (Å²) in [7, 11) is 0. The molecule has 7 nitrogen and oxygen atoms in total. The van der Waals surface area contributed by atoms with Crippen LogP contribution in [0.1, 0.15) is 5.82 Å². The van der Waals surface area contributed by atoms with Gasteiger partial charge in [-0.15, -0.1) is 10.2 Å². The molecule has 0 aliphatic carbocycles. The highest BCUT2D eigenvalue weighted by Crippen LogP contribution is 2.20. The summed E-state index contributed by atoms with van der Waals surface area (Å²) in [4.78, 5) is 10.1. The highest BCUT2D eigenvalue weighted by molar-refractivity contribution is 6.29. The van der Waals surface area contributed by atoms with Gasteiger partial charge in [-0.2, -0.15) is 4.98 Å². The van der Waals surface area contributed by atoms with Crippen molar-refractivity contribution in [3.63, 3.8) is 0 Å². The predicted octanol–water partition coefficient (Wildman–Crippen LogP) is 0.324. The molecule has 1 aliphatic rings. The maximum atomic E-state index is 5.86. The van der Waals surface area contributed by atoms with Crippen molar-refractivity contribution in [2.75, 3.05) is 17.2 Å². The molecule has 2 N–H and O–H groups in total. The molecule has 0 atom stereocenters. The third-order valence-corrected chi connectivity index (χ3v) is 2.86. The van der Waals surface area contributed by atoms with Crippen molar-refractivity contribution < 1.29 is 0 Å². The third-order valence-electron chi connectivity index (χ3n) is 2.66. The van der Waals surface area contributed by atoms with Crippen LogP contribution >= 0.6 is 11.6 Å². The lowest BCUT2D eigenvalue weighted by atomic mass is 10.3. The number of hydrogen-bond acceptors (Lipinski definition) is 6. The lowest BCUT2D eigenvalue weighted by Crippen LogP contribution is -2.34. The van der Waals surface area contributed by atoms with E-state index in [9.17, 15) is 0 Å². The number of halogens is 1. The first-order chi connectivity index (χ1) is 8.22. The van der Waals surface area contributed by atoms with Crippen molar-refractivity contribution in [1.29, 1.82) is 0 Å². The van der Waals surface area contributed by atoms with E-state index in [1.54, 1.807) is 12.4 Å². The van der Waals surface area contributed by atoms with Crippen molar-refractivity contribution in [3.05, 3.63) is 23.4 Å². The zero-order valence-electron chi connectivity index (χ0n) is 8.91. The Bertz CT molecular complexity index is 532. The highest BCUT2D eigenvalue weighted by atomic mass is 35.5. The van der Waals surface area contributed by atoms with Gasteiger partial charge in [0.15, 0.2) is 5.82 Å². The van der Waals surface area contributed by atoms with Crippen LogP contribution in [-0.2, 0) is 13.1 Å². The minimum absolute atomic E-state index is 0.180. The second-order valence-corrected chi connectivity index (χ2v) is 4.16. The summed E-state index contributed by atoms with van der Waals surface area (Å²) >= 11 is 5.86. The molecule has 3 heterocycles. The largest absolute Gasteiger partial charge is 0.368 e. The quantitative estimate of drug-likeness (QED) is 0.735. The topological polar surface area (TPSA) is 85.8 Å². The molecule has 0 saturated carbocycles. The molecular weight excluding hydrogens is 242 g/mol. The van der Waals surface area contributed by atoms with Crippen LogP contribution in [0.15, 0.2) is 12.4 Å². The SMILES string of the molecule is Nc1nc(Cl)cc(N2CCn3cnnc3C2)n1. The molecule has 0 saturated heterocycles. The molecule has 0 bridgehead atoms. The molecule has 0 fully saturated rings. The fraction of sp³-hybridized carbons (Fsp3) is 0.333. The van der Waals surface area contributed by atoms with E-state index in [0.717, 1.165) is 24.7 Å². The summed E-state index contributed by atoms with van der Waals surface area (Å²) in [6.45, 7) is 2.29. The second kappa shape index (κ2) is 3.85. The van der Waals surface area contributed by atoms with Crippen molar-refractivity contribution in [3.8, 4) is 0 Å². The number of aromatic nitrogens is 5. The lowest BCUT2D eigenvalue weighted by molar-refractivity contribution is 0.556. The van der Waals surface area contributed by atoms with Crippen LogP contribution < -0.4 is 10.6 Å². The van der Waals surface area contributed by atoms with Crippen LogP contribution in [-0.4, -0.2) is 31.3 Å². The number of nitrogen functional groups attached to an aromatic ring is 1. The number of nitrogens with zero attached hydrogens (tertiary/aromatic N) is 6. The van der Waals surface area contributed by atoms with Crippen molar-refractivity contribution in [2.24, 2.45) is 0 Å². The number of fused-ring (bicyclic) bond motifs is 1. The Morgan fingerprint density at radius 1 is 1.29 bits per heavy atom. The Morgan fingerprint density at radius 3 is 3.00 bits per heavy atom. The van der Waals surface area contributed by atoms with E-state index in [4.69, 9.17) is 17.3 Å². The summed E-state index contributed by atoms with van der Waals surface area (Å²) in [5, 5.41) is 8.26. The Morgan fingerprint density at radius 2 is 2.18 bits per heavy atom. The highest BCUT2D eigenvalue weighted by Gasteiger charge is 2.19. The molecule has 0 spiro atoms. The minimum Gasteiger partial charge on any atom is -0.368 e. The molecule has 0 amide bonds. The zero-order chi connectivity index (χ0) is 11.8. The minimum atomic E-state index is 0.180. The summed E-state index contributed by atoms with van der Waals surface area (Å²) in [6.07, 6.45) is 1.73. The second-order valence-electron chi connectivity index (χ2n) is 3.77. The first-order valence-corrected chi connectivity index (χ1v) is 5.52. The summed E-state index contributed by atoms with van der Waals surface area (Å²) in [5.74, 6) is 1.81. The smallest absolute Gasteiger partial charge is 0.223 e. The van der Waals surface area contributed by atoms with Gasteiger partial charge in [0.2, 0.25) is 5.95 Å². The normalized spacial score (nSPS) is 14.8. The standard InChI is InChI=1S/C9H10ClN7/c10-6-3-7(14-9(11)13-6)16-1-2-17-5-12-15-8(17)4-16/h3,5H,1-2,4H2,(H2,11,13,14). The van der Waals surface area contributed by atoms with Crippen LogP contribution in [0.4, 0.5) is 11.8 Å². The van der Waals surface area contributed by atoms with E-state index in [-0.39, 0.29) is 5.95 Å². The summed E-state index contributed by atoms with van der Waals surface area (Å²) < 4.78 is 2.02. The molecule has 1 aliphatic heterocycles. The van der Waals surface area contributed by atoms with Gasteiger partial charge in [-0.25, -0.2) is 4.98 Å². The van der Waals surface area contributed by atoms with Crippen molar-refractivity contribution in [2.45, 2.75) is 13.1 Å².